The molecule has 0 saturated heterocycles. The van der Waals surface area contributed by atoms with Crippen LogP contribution in [-0.4, -0.2) is 18.1 Å². The van der Waals surface area contributed by atoms with Gasteiger partial charge in [0.1, 0.15) is 11.6 Å². The van der Waals surface area contributed by atoms with Gasteiger partial charge in [0.2, 0.25) is 5.88 Å². The standard InChI is InChI=1S/C16H19FN2O/c1-3-20-16-6-4-5-15(19-16)18-10-9-13-7-8-14(17)11-12(13)2/h4-8,11H,3,9-10H2,1-2H3,(H,18,19). The topological polar surface area (TPSA) is 34.1 Å². The molecular weight excluding hydrogens is 255 g/mol. The first kappa shape index (κ1) is 14.3. The first-order valence-corrected chi connectivity index (χ1v) is 6.78. The summed E-state index contributed by atoms with van der Waals surface area (Å²) in [5.41, 5.74) is 2.11. The number of ether oxygens (including phenoxy) is 1. The summed E-state index contributed by atoms with van der Waals surface area (Å²) < 4.78 is 18.4. The van der Waals surface area contributed by atoms with Crippen LogP contribution >= 0.6 is 0 Å². The van der Waals surface area contributed by atoms with Gasteiger partial charge < -0.3 is 10.1 Å². The lowest BCUT2D eigenvalue weighted by molar-refractivity contribution is 0.327. The van der Waals surface area contributed by atoms with Gasteiger partial charge in [-0.1, -0.05) is 12.1 Å². The molecule has 0 aliphatic heterocycles. The highest BCUT2D eigenvalue weighted by molar-refractivity contribution is 5.37. The van der Waals surface area contributed by atoms with Crippen LogP contribution in [0.2, 0.25) is 0 Å². The van der Waals surface area contributed by atoms with Gasteiger partial charge in [0, 0.05) is 12.6 Å². The molecule has 1 aromatic heterocycles. The number of hydrogen-bond acceptors (Lipinski definition) is 3. The summed E-state index contributed by atoms with van der Waals surface area (Å²) in [5.74, 6) is 1.22. The van der Waals surface area contributed by atoms with Crippen LogP contribution in [0.3, 0.4) is 0 Å². The number of benzene rings is 1. The second-order valence-corrected chi connectivity index (χ2v) is 4.54. The Morgan fingerprint density at radius 2 is 2.10 bits per heavy atom. The van der Waals surface area contributed by atoms with E-state index < -0.39 is 0 Å². The summed E-state index contributed by atoms with van der Waals surface area (Å²) in [6.07, 6.45) is 0.826. The van der Waals surface area contributed by atoms with Gasteiger partial charge in [0.15, 0.2) is 0 Å². The number of rotatable bonds is 6. The van der Waals surface area contributed by atoms with Crippen molar-refractivity contribution >= 4 is 5.82 Å². The van der Waals surface area contributed by atoms with Crippen LogP contribution in [0.15, 0.2) is 36.4 Å². The van der Waals surface area contributed by atoms with Crippen molar-refractivity contribution in [3.63, 3.8) is 0 Å². The van der Waals surface area contributed by atoms with E-state index in [9.17, 15) is 4.39 Å². The van der Waals surface area contributed by atoms with Gasteiger partial charge in [-0.3, -0.25) is 0 Å². The fourth-order valence-electron chi connectivity index (χ4n) is 2.01. The maximum absolute atomic E-state index is 13.0. The van der Waals surface area contributed by atoms with E-state index in [1.54, 1.807) is 6.07 Å². The second kappa shape index (κ2) is 6.89. The molecule has 0 radical (unpaired) electrons. The number of halogens is 1. The molecule has 0 bridgehead atoms. The maximum Gasteiger partial charge on any atom is 0.215 e. The lowest BCUT2D eigenvalue weighted by Gasteiger charge is -2.09. The number of pyridine rings is 1. The molecule has 3 nitrogen and oxygen atoms in total. The molecule has 20 heavy (non-hydrogen) atoms. The molecule has 0 amide bonds. The van der Waals surface area contributed by atoms with Gasteiger partial charge >= 0.3 is 0 Å². The number of hydrogen-bond donors (Lipinski definition) is 1. The fraction of sp³-hybridized carbons (Fsp3) is 0.312. The molecule has 0 saturated carbocycles. The van der Waals surface area contributed by atoms with Crippen LogP contribution in [0.25, 0.3) is 0 Å². The van der Waals surface area contributed by atoms with Crippen molar-refractivity contribution in [2.75, 3.05) is 18.5 Å². The third kappa shape index (κ3) is 3.95. The van der Waals surface area contributed by atoms with Crippen LogP contribution in [0.1, 0.15) is 18.1 Å². The smallest absolute Gasteiger partial charge is 0.215 e. The van der Waals surface area contributed by atoms with Gasteiger partial charge in [-0.05, 0) is 49.6 Å². The number of nitrogens with zero attached hydrogens (tertiary/aromatic N) is 1. The van der Waals surface area contributed by atoms with Crippen LogP contribution < -0.4 is 10.1 Å². The van der Waals surface area contributed by atoms with E-state index in [4.69, 9.17) is 4.74 Å². The third-order valence-electron chi connectivity index (χ3n) is 3.02. The number of aryl methyl sites for hydroxylation is 1. The minimum atomic E-state index is -0.190. The molecule has 0 fully saturated rings. The Kier molecular flexibility index (Phi) is 4.93. The monoisotopic (exact) mass is 274 g/mol. The molecule has 0 spiro atoms. The van der Waals surface area contributed by atoms with Crippen molar-refractivity contribution in [3.05, 3.63) is 53.3 Å². The maximum atomic E-state index is 13.0. The Morgan fingerprint density at radius 3 is 2.85 bits per heavy atom. The fourth-order valence-corrected chi connectivity index (χ4v) is 2.01. The zero-order valence-corrected chi connectivity index (χ0v) is 11.8. The third-order valence-corrected chi connectivity index (χ3v) is 3.02. The molecule has 1 heterocycles. The molecule has 4 heteroatoms. The zero-order chi connectivity index (χ0) is 14.4. The average Bonchev–Trinajstić information content (AvgIpc) is 2.42. The first-order valence-electron chi connectivity index (χ1n) is 6.78. The van der Waals surface area contributed by atoms with Crippen molar-refractivity contribution in [3.8, 4) is 5.88 Å². The molecule has 1 N–H and O–H groups in total. The summed E-state index contributed by atoms with van der Waals surface area (Å²) in [7, 11) is 0. The van der Waals surface area contributed by atoms with Crippen LogP contribution in [-0.2, 0) is 6.42 Å². The van der Waals surface area contributed by atoms with Crippen molar-refractivity contribution in [1.82, 2.24) is 4.98 Å². The second-order valence-electron chi connectivity index (χ2n) is 4.54. The lowest BCUT2D eigenvalue weighted by Crippen LogP contribution is -2.07. The first-order chi connectivity index (χ1) is 9.69. The van der Waals surface area contributed by atoms with Crippen LogP contribution in [0.5, 0.6) is 5.88 Å². The van der Waals surface area contributed by atoms with E-state index in [0.29, 0.717) is 12.5 Å². The van der Waals surface area contributed by atoms with Gasteiger partial charge in [-0.25, -0.2) is 4.39 Å². The SMILES string of the molecule is CCOc1cccc(NCCc2ccc(F)cc2C)n1. The Labute approximate surface area is 118 Å². The van der Waals surface area contributed by atoms with E-state index in [0.717, 1.165) is 29.9 Å². The zero-order valence-electron chi connectivity index (χ0n) is 11.8. The van der Waals surface area contributed by atoms with Crippen LogP contribution in [0.4, 0.5) is 10.2 Å². The van der Waals surface area contributed by atoms with E-state index in [2.05, 4.69) is 10.3 Å². The molecule has 2 aromatic rings. The molecule has 0 unspecified atom stereocenters. The predicted molar refractivity (Wildman–Crippen MR) is 78.7 cm³/mol. The quantitative estimate of drug-likeness (QED) is 0.874. The summed E-state index contributed by atoms with van der Waals surface area (Å²) >= 11 is 0. The molecule has 0 aliphatic carbocycles. The molecular formula is C16H19FN2O. The highest BCUT2D eigenvalue weighted by atomic mass is 19.1. The van der Waals surface area contributed by atoms with Crippen molar-refractivity contribution in [1.29, 1.82) is 0 Å². The normalized spacial score (nSPS) is 10.3. The molecule has 1 aromatic carbocycles. The molecule has 2 rings (SSSR count). The molecule has 106 valence electrons. The Morgan fingerprint density at radius 1 is 1.25 bits per heavy atom. The minimum Gasteiger partial charge on any atom is -0.478 e. The van der Waals surface area contributed by atoms with E-state index in [1.807, 2.05) is 38.1 Å². The highest BCUT2D eigenvalue weighted by Crippen LogP contribution is 2.13. The highest BCUT2D eigenvalue weighted by Gasteiger charge is 2.01. The molecule has 0 atom stereocenters. The van der Waals surface area contributed by atoms with E-state index >= 15 is 0 Å². The van der Waals surface area contributed by atoms with Gasteiger partial charge in [0.25, 0.3) is 0 Å². The van der Waals surface area contributed by atoms with E-state index in [-0.39, 0.29) is 5.82 Å². The average molecular weight is 274 g/mol. The minimum absolute atomic E-state index is 0.190. The van der Waals surface area contributed by atoms with Crippen LogP contribution in [0, 0.1) is 12.7 Å². The Bertz CT molecular complexity index is 572. The molecule has 0 aliphatic rings. The van der Waals surface area contributed by atoms with Crippen molar-refractivity contribution in [2.24, 2.45) is 0 Å². The van der Waals surface area contributed by atoms with E-state index in [1.165, 1.54) is 6.07 Å². The number of aromatic nitrogens is 1. The van der Waals surface area contributed by atoms with Crippen molar-refractivity contribution < 1.29 is 9.13 Å². The van der Waals surface area contributed by atoms with Gasteiger partial charge in [0.05, 0.1) is 6.61 Å². The predicted octanol–water partition coefficient (Wildman–Crippen LogP) is 3.58. The summed E-state index contributed by atoms with van der Waals surface area (Å²) in [6, 6.07) is 10.5. The number of anilines is 1. The van der Waals surface area contributed by atoms with Crippen molar-refractivity contribution in [2.45, 2.75) is 20.3 Å². The van der Waals surface area contributed by atoms with Gasteiger partial charge in [-0.15, -0.1) is 0 Å². The largest absolute Gasteiger partial charge is 0.478 e. The summed E-state index contributed by atoms with van der Waals surface area (Å²) in [4.78, 5) is 4.34. The van der Waals surface area contributed by atoms with Gasteiger partial charge in [-0.2, -0.15) is 4.98 Å². The lowest BCUT2D eigenvalue weighted by atomic mass is 10.1. The Balaban J connectivity index is 1.90. The summed E-state index contributed by atoms with van der Waals surface area (Å²) in [6.45, 7) is 5.20. The Hall–Kier alpha value is -2.10. The summed E-state index contributed by atoms with van der Waals surface area (Å²) in [5, 5.41) is 3.25. The number of nitrogens with one attached hydrogen (secondary N) is 1.